The number of benzene rings is 1. The Kier molecular flexibility index (Phi) is 5.59. The van der Waals surface area contributed by atoms with Gasteiger partial charge in [0.1, 0.15) is 11.5 Å². The van der Waals surface area contributed by atoms with Crippen LogP contribution in [0.4, 0.5) is 0 Å². The van der Waals surface area contributed by atoms with Gasteiger partial charge in [0.15, 0.2) is 0 Å². The zero-order valence-corrected chi connectivity index (χ0v) is 13.8. The first-order chi connectivity index (χ1) is 10.2. The first kappa shape index (κ1) is 15.8. The van der Waals surface area contributed by atoms with Crippen molar-refractivity contribution in [3.05, 3.63) is 39.8 Å². The number of thiazole rings is 1. The Morgan fingerprint density at radius 3 is 2.67 bits per heavy atom. The van der Waals surface area contributed by atoms with Crippen molar-refractivity contribution in [2.45, 2.75) is 26.3 Å². The number of nitrogens with zero attached hydrogens (tertiary/aromatic N) is 1. The second-order valence-electron chi connectivity index (χ2n) is 4.79. The maximum atomic E-state index is 5.53. The summed E-state index contributed by atoms with van der Waals surface area (Å²) >= 11 is 1.67. The fraction of sp³-hybridized carbons (Fsp3) is 0.438. The van der Waals surface area contributed by atoms with Gasteiger partial charge in [0.25, 0.3) is 0 Å². The molecule has 0 fully saturated rings. The van der Waals surface area contributed by atoms with Crippen molar-refractivity contribution >= 4 is 11.3 Å². The molecular formula is C16H22N2O2S. The SMILES string of the molecule is CCCNC(c1csc(C)n1)c1ccc(OC)cc1OC. The average molecular weight is 306 g/mol. The van der Waals surface area contributed by atoms with Crippen LogP contribution in [0.2, 0.25) is 0 Å². The van der Waals surface area contributed by atoms with E-state index in [0.717, 1.165) is 40.7 Å². The van der Waals surface area contributed by atoms with Gasteiger partial charge in [-0.1, -0.05) is 6.92 Å². The molecule has 0 amide bonds. The van der Waals surface area contributed by atoms with Crippen LogP contribution in [-0.4, -0.2) is 25.7 Å². The molecular weight excluding hydrogens is 284 g/mol. The zero-order valence-electron chi connectivity index (χ0n) is 13.0. The number of nitrogens with one attached hydrogen (secondary N) is 1. The first-order valence-electron chi connectivity index (χ1n) is 7.07. The lowest BCUT2D eigenvalue weighted by molar-refractivity contribution is 0.387. The maximum absolute atomic E-state index is 5.53. The molecule has 1 aromatic heterocycles. The lowest BCUT2D eigenvalue weighted by atomic mass is 10.0. The van der Waals surface area contributed by atoms with Crippen LogP contribution >= 0.6 is 11.3 Å². The number of hydrogen-bond donors (Lipinski definition) is 1. The minimum absolute atomic E-state index is 0.0377. The first-order valence-corrected chi connectivity index (χ1v) is 7.94. The molecule has 0 saturated heterocycles. The predicted octanol–water partition coefficient (Wildman–Crippen LogP) is 3.56. The highest BCUT2D eigenvalue weighted by Gasteiger charge is 2.20. The summed E-state index contributed by atoms with van der Waals surface area (Å²) in [7, 11) is 3.34. The van der Waals surface area contributed by atoms with Crippen molar-refractivity contribution < 1.29 is 9.47 Å². The molecule has 21 heavy (non-hydrogen) atoms. The third-order valence-electron chi connectivity index (χ3n) is 3.28. The minimum atomic E-state index is 0.0377. The van der Waals surface area contributed by atoms with Gasteiger partial charge in [-0.2, -0.15) is 0 Å². The molecule has 0 bridgehead atoms. The van der Waals surface area contributed by atoms with Gasteiger partial charge in [-0.05, 0) is 32.0 Å². The van der Waals surface area contributed by atoms with Crippen molar-refractivity contribution in [3.8, 4) is 11.5 Å². The van der Waals surface area contributed by atoms with E-state index in [-0.39, 0.29) is 6.04 Å². The molecule has 2 rings (SSSR count). The Labute approximate surface area is 130 Å². The van der Waals surface area contributed by atoms with Gasteiger partial charge in [-0.3, -0.25) is 0 Å². The largest absolute Gasteiger partial charge is 0.497 e. The van der Waals surface area contributed by atoms with E-state index in [9.17, 15) is 0 Å². The molecule has 1 unspecified atom stereocenters. The van der Waals surface area contributed by atoms with Gasteiger partial charge >= 0.3 is 0 Å². The number of methoxy groups -OCH3 is 2. The standard InChI is InChI=1S/C16H22N2O2S/c1-5-8-17-16(14-10-21-11(2)18-14)13-7-6-12(19-3)9-15(13)20-4/h6-7,9-10,16-17H,5,8H2,1-4H3. The third-order valence-corrected chi connectivity index (χ3v) is 4.07. The summed E-state index contributed by atoms with van der Waals surface area (Å²) in [6.07, 6.45) is 1.07. The van der Waals surface area contributed by atoms with E-state index in [2.05, 4.69) is 22.6 Å². The third kappa shape index (κ3) is 3.74. The normalized spacial score (nSPS) is 12.2. The molecule has 4 nitrogen and oxygen atoms in total. The summed E-state index contributed by atoms with van der Waals surface area (Å²) < 4.78 is 10.8. The molecule has 114 valence electrons. The second kappa shape index (κ2) is 7.43. The van der Waals surface area contributed by atoms with Crippen LogP contribution in [0.5, 0.6) is 11.5 Å². The van der Waals surface area contributed by atoms with E-state index in [1.165, 1.54) is 0 Å². The highest BCUT2D eigenvalue weighted by molar-refractivity contribution is 7.09. The number of hydrogen-bond acceptors (Lipinski definition) is 5. The molecule has 0 aliphatic heterocycles. The van der Waals surface area contributed by atoms with E-state index in [1.54, 1.807) is 25.6 Å². The summed E-state index contributed by atoms with van der Waals surface area (Å²) in [6.45, 7) is 5.11. The Bertz CT molecular complexity index is 583. The Morgan fingerprint density at radius 1 is 1.29 bits per heavy atom. The van der Waals surface area contributed by atoms with Crippen molar-refractivity contribution in [3.63, 3.8) is 0 Å². The van der Waals surface area contributed by atoms with Crippen molar-refractivity contribution in [2.75, 3.05) is 20.8 Å². The van der Waals surface area contributed by atoms with E-state index in [0.29, 0.717) is 0 Å². The highest BCUT2D eigenvalue weighted by Crippen LogP contribution is 2.33. The summed E-state index contributed by atoms with van der Waals surface area (Å²) in [4.78, 5) is 4.63. The van der Waals surface area contributed by atoms with Crippen LogP contribution in [-0.2, 0) is 0 Å². The molecule has 0 spiro atoms. The Morgan fingerprint density at radius 2 is 2.10 bits per heavy atom. The maximum Gasteiger partial charge on any atom is 0.127 e. The van der Waals surface area contributed by atoms with Crippen molar-refractivity contribution in [1.29, 1.82) is 0 Å². The van der Waals surface area contributed by atoms with Crippen LogP contribution in [0.15, 0.2) is 23.6 Å². The smallest absolute Gasteiger partial charge is 0.127 e. The molecule has 1 atom stereocenters. The average Bonchev–Trinajstić information content (AvgIpc) is 2.94. The van der Waals surface area contributed by atoms with Gasteiger partial charge in [0.05, 0.1) is 31.0 Å². The Hall–Kier alpha value is -1.59. The molecule has 0 radical (unpaired) electrons. The fourth-order valence-electron chi connectivity index (χ4n) is 2.23. The van der Waals surface area contributed by atoms with Crippen LogP contribution < -0.4 is 14.8 Å². The molecule has 0 aliphatic rings. The molecule has 2 aromatic rings. The number of aromatic nitrogens is 1. The fourth-order valence-corrected chi connectivity index (χ4v) is 2.87. The molecule has 5 heteroatoms. The van der Waals surface area contributed by atoms with Gasteiger partial charge < -0.3 is 14.8 Å². The van der Waals surface area contributed by atoms with Gasteiger partial charge in [-0.25, -0.2) is 4.98 Å². The molecule has 0 aliphatic carbocycles. The minimum Gasteiger partial charge on any atom is -0.497 e. The number of rotatable bonds is 7. The van der Waals surface area contributed by atoms with Crippen LogP contribution in [0, 0.1) is 6.92 Å². The number of ether oxygens (including phenoxy) is 2. The highest BCUT2D eigenvalue weighted by atomic mass is 32.1. The summed E-state index contributed by atoms with van der Waals surface area (Å²) in [6, 6.07) is 5.95. The monoisotopic (exact) mass is 306 g/mol. The summed E-state index contributed by atoms with van der Waals surface area (Å²) in [5.74, 6) is 1.60. The van der Waals surface area contributed by atoms with E-state index >= 15 is 0 Å². The second-order valence-corrected chi connectivity index (χ2v) is 5.85. The van der Waals surface area contributed by atoms with Gasteiger partial charge in [0.2, 0.25) is 0 Å². The van der Waals surface area contributed by atoms with E-state index in [4.69, 9.17) is 9.47 Å². The van der Waals surface area contributed by atoms with E-state index < -0.39 is 0 Å². The molecule has 1 aromatic carbocycles. The summed E-state index contributed by atoms with van der Waals surface area (Å²) in [5, 5.41) is 6.72. The quantitative estimate of drug-likeness (QED) is 0.849. The van der Waals surface area contributed by atoms with Crippen LogP contribution in [0.3, 0.4) is 0 Å². The molecule has 1 N–H and O–H groups in total. The lowest BCUT2D eigenvalue weighted by Crippen LogP contribution is -2.24. The zero-order chi connectivity index (χ0) is 15.2. The molecule has 0 saturated carbocycles. The van der Waals surface area contributed by atoms with Gasteiger partial charge in [0, 0.05) is 17.0 Å². The van der Waals surface area contributed by atoms with Crippen LogP contribution in [0.1, 0.15) is 35.7 Å². The topological polar surface area (TPSA) is 43.4 Å². The number of aryl methyl sites for hydroxylation is 1. The van der Waals surface area contributed by atoms with Crippen molar-refractivity contribution in [2.24, 2.45) is 0 Å². The van der Waals surface area contributed by atoms with Crippen molar-refractivity contribution in [1.82, 2.24) is 10.3 Å². The van der Waals surface area contributed by atoms with E-state index in [1.807, 2.05) is 25.1 Å². The molecule has 1 heterocycles. The van der Waals surface area contributed by atoms with Crippen LogP contribution in [0.25, 0.3) is 0 Å². The summed E-state index contributed by atoms with van der Waals surface area (Å²) in [5.41, 5.74) is 2.12. The predicted molar refractivity (Wildman–Crippen MR) is 86.5 cm³/mol. The Balaban J connectivity index is 2.40. The van der Waals surface area contributed by atoms with Gasteiger partial charge in [-0.15, -0.1) is 11.3 Å². The lowest BCUT2D eigenvalue weighted by Gasteiger charge is -2.20.